The van der Waals surface area contributed by atoms with Crippen molar-refractivity contribution < 1.29 is 17.7 Å². The molecule has 0 amide bonds. The van der Waals surface area contributed by atoms with Crippen LogP contribution in [0, 0.1) is 12.3 Å². The molecule has 0 heterocycles. The second-order valence-corrected chi connectivity index (χ2v) is 5.44. The highest BCUT2D eigenvalue weighted by atomic mass is 32.2. The predicted molar refractivity (Wildman–Crippen MR) is 76.9 cm³/mol. The van der Waals surface area contributed by atoms with Gasteiger partial charge in [-0.3, -0.25) is 0 Å². The smallest absolute Gasteiger partial charge is 0.385 e. The first-order chi connectivity index (χ1) is 9.86. The minimum Gasteiger partial charge on any atom is -0.744 e. The minimum absolute atomic E-state index is 0.178. The predicted octanol–water partition coefficient (Wildman–Crippen LogP) is 3.08. The van der Waals surface area contributed by atoms with Crippen LogP contribution in [0.3, 0.4) is 0 Å². The van der Waals surface area contributed by atoms with E-state index in [2.05, 4.69) is 4.98 Å². The van der Waals surface area contributed by atoms with Crippen LogP contribution in [0.4, 0.5) is 5.69 Å². The molecule has 0 bridgehead atoms. The monoisotopic (exact) mass is 306 g/mol. The number of nitrogens with zero attached hydrogens (tertiary/aromatic N) is 2. The minimum atomic E-state index is -4.27. The van der Waals surface area contributed by atoms with Gasteiger partial charge in [-0.2, -0.15) is 0 Å². The van der Waals surface area contributed by atoms with Crippen LogP contribution in [0.1, 0.15) is 5.56 Å². The molecule has 0 radical (unpaired) electrons. The molecule has 0 spiro atoms. The van der Waals surface area contributed by atoms with Crippen molar-refractivity contribution in [1.29, 1.82) is 5.39 Å². The Balaban J connectivity index is 0.000000211. The Kier molecular flexibility index (Phi) is 5.84. The summed E-state index contributed by atoms with van der Waals surface area (Å²) in [5, 5.41) is 8.29. The van der Waals surface area contributed by atoms with Gasteiger partial charge >= 0.3 is 5.69 Å². The maximum Gasteiger partial charge on any atom is 0.385 e. The molecule has 0 aliphatic carbocycles. The van der Waals surface area contributed by atoms with Gasteiger partial charge in [-0.25, -0.2) is 8.42 Å². The van der Waals surface area contributed by atoms with E-state index in [0.29, 0.717) is 5.69 Å². The molecule has 0 saturated heterocycles. The van der Waals surface area contributed by atoms with Gasteiger partial charge in [-0.05, 0) is 31.2 Å². The van der Waals surface area contributed by atoms with Crippen LogP contribution in [-0.4, -0.2) is 20.1 Å². The second-order valence-electron chi connectivity index (χ2n) is 4.07. The van der Waals surface area contributed by atoms with Crippen LogP contribution in [0.2, 0.25) is 0 Å². The fraction of sp³-hybridized carbons (Fsp3) is 0.143. The van der Waals surface area contributed by atoms with E-state index in [9.17, 15) is 13.0 Å². The standard InChI is InChI=1S/C7H7N2O.C7H8O3S/c1-10-7-4-2-6(9-8)3-5-7;1-6-2-4-7(5-3-6)11(8,9)10/h2-5H,1H3;2-5H,1H3,(H,8,9,10)/q+1;/p-1. The van der Waals surface area contributed by atoms with Crippen LogP contribution in [0.5, 0.6) is 5.75 Å². The molecule has 0 atom stereocenters. The number of methoxy groups -OCH3 is 1. The molecular formula is C14H14N2O4S. The van der Waals surface area contributed by atoms with E-state index < -0.39 is 10.1 Å². The summed E-state index contributed by atoms with van der Waals surface area (Å²) in [4.78, 5) is 2.81. The Labute approximate surface area is 123 Å². The molecule has 0 fully saturated rings. The third-order valence-corrected chi connectivity index (χ3v) is 3.35. The molecule has 110 valence electrons. The van der Waals surface area contributed by atoms with Gasteiger partial charge < -0.3 is 9.29 Å². The summed E-state index contributed by atoms with van der Waals surface area (Å²) in [6.07, 6.45) is 0. The second kappa shape index (κ2) is 7.38. The van der Waals surface area contributed by atoms with Gasteiger partial charge in [0.25, 0.3) is 0 Å². The molecule has 0 aliphatic rings. The Bertz CT molecular complexity index is 717. The highest BCUT2D eigenvalue weighted by Gasteiger charge is 2.01. The van der Waals surface area contributed by atoms with Crippen LogP contribution >= 0.6 is 0 Å². The van der Waals surface area contributed by atoms with Gasteiger partial charge in [0.2, 0.25) is 5.39 Å². The van der Waals surface area contributed by atoms with Crippen molar-refractivity contribution in [3.63, 3.8) is 0 Å². The average molecular weight is 306 g/mol. The van der Waals surface area contributed by atoms with Gasteiger partial charge in [-0.15, -0.1) is 0 Å². The van der Waals surface area contributed by atoms with E-state index in [1.54, 1.807) is 43.5 Å². The Morgan fingerprint density at radius 3 is 1.95 bits per heavy atom. The summed E-state index contributed by atoms with van der Waals surface area (Å²) in [6, 6.07) is 12.6. The fourth-order valence-electron chi connectivity index (χ4n) is 1.35. The number of diazo groups is 1. The Morgan fingerprint density at radius 2 is 1.57 bits per heavy atom. The lowest BCUT2D eigenvalue weighted by atomic mass is 10.2. The highest BCUT2D eigenvalue weighted by Crippen LogP contribution is 2.16. The number of rotatable bonds is 2. The van der Waals surface area contributed by atoms with E-state index in [0.717, 1.165) is 11.3 Å². The van der Waals surface area contributed by atoms with Crippen molar-refractivity contribution >= 4 is 15.8 Å². The molecule has 2 aromatic rings. The molecule has 2 aromatic carbocycles. The van der Waals surface area contributed by atoms with Crippen molar-refractivity contribution in [3.05, 3.63) is 59.1 Å². The first kappa shape index (κ1) is 16.6. The van der Waals surface area contributed by atoms with E-state index in [1.807, 2.05) is 6.92 Å². The van der Waals surface area contributed by atoms with Gasteiger partial charge in [0.05, 0.1) is 12.0 Å². The first-order valence-corrected chi connectivity index (χ1v) is 7.29. The van der Waals surface area contributed by atoms with Gasteiger partial charge in [0.1, 0.15) is 15.9 Å². The lowest BCUT2D eigenvalue weighted by Crippen LogP contribution is -1.97. The molecule has 0 N–H and O–H groups in total. The molecule has 0 unspecified atom stereocenters. The van der Waals surface area contributed by atoms with Gasteiger partial charge in [0.15, 0.2) is 4.98 Å². The zero-order chi connectivity index (χ0) is 15.9. The number of ether oxygens (including phenoxy) is 1. The summed E-state index contributed by atoms with van der Waals surface area (Å²) in [7, 11) is -2.68. The number of benzene rings is 2. The number of hydrogen-bond donors (Lipinski definition) is 0. The summed E-state index contributed by atoms with van der Waals surface area (Å²) >= 11 is 0. The summed E-state index contributed by atoms with van der Waals surface area (Å²) in [6.45, 7) is 1.82. The van der Waals surface area contributed by atoms with Crippen molar-refractivity contribution in [3.8, 4) is 5.75 Å². The summed E-state index contributed by atoms with van der Waals surface area (Å²) in [5.74, 6) is 0.757. The zero-order valence-corrected chi connectivity index (χ0v) is 12.4. The molecular weight excluding hydrogens is 292 g/mol. The van der Waals surface area contributed by atoms with Crippen molar-refractivity contribution in [2.75, 3.05) is 7.11 Å². The SMILES string of the molecule is COc1ccc([N+]#N)cc1.Cc1ccc(S(=O)(=O)[O-])cc1. The third kappa shape index (κ3) is 5.60. The molecule has 21 heavy (non-hydrogen) atoms. The topological polar surface area (TPSA) is 94.6 Å². The highest BCUT2D eigenvalue weighted by molar-refractivity contribution is 7.85. The normalized spacial score (nSPS) is 10.0. The van der Waals surface area contributed by atoms with E-state index in [1.165, 1.54) is 12.1 Å². The summed E-state index contributed by atoms with van der Waals surface area (Å²) < 4.78 is 36.1. The third-order valence-electron chi connectivity index (χ3n) is 2.50. The lowest BCUT2D eigenvalue weighted by Gasteiger charge is -2.05. The molecule has 2 rings (SSSR count). The van der Waals surface area contributed by atoms with Crippen LogP contribution < -0.4 is 4.74 Å². The molecule has 7 heteroatoms. The quantitative estimate of drug-likeness (QED) is 0.627. The molecule has 0 saturated carbocycles. The van der Waals surface area contributed by atoms with Crippen molar-refractivity contribution in [2.45, 2.75) is 11.8 Å². The van der Waals surface area contributed by atoms with Crippen LogP contribution in [-0.2, 0) is 10.1 Å². The van der Waals surface area contributed by atoms with Crippen LogP contribution in [0.25, 0.3) is 4.98 Å². The first-order valence-electron chi connectivity index (χ1n) is 5.88. The van der Waals surface area contributed by atoms with Gasteiger partial charge in [-0.1, -0.05) is 17.7 Å². The zero-order valence-electron chi connectivity index (χ0n) is 11.6. The number of aryl methyl sites for hydroxylation is 1. The summed E-state index contributed by atoms with van der Waals surface area (Å²) in [5.41, 5.74) is 1.46. The lowest BCUT2D eigenvalue weighted by molar-refractivity contribution is 0.415. The average Bonchev–Trinajstić information content (AvgIpc) is 2.47. The van der Waals surface area contributed by atoms with E-state index in [4.69, 9.17) is 10.1 Å². The van der Waals surface area contributed by atoms with E-state index in [-0.39, 0.29) is 4.90 Å². The van der Waals surface area contributed by atoms with E-state index >= 15 is 0 Å². The molecule has 0 aliphatic heterocycles. The Morgan fingerprint density at radius 1 is 1.05 bits per heavy atom. The van der Waals surface area contributed by atoms with Gasteiger partial charge in [0, 0.05) is 12.1 Å². The van der Waals surface area contributed by atoms with Crippen molar-refractivity contribution in [1.82, 2.24) is 0 Å². The largest absolute Gasteiger partial charge is 0.744 e. The number of hydrogen-bond acceptors (Lipinski definition) is 5. The maximum absolute atomic E-state index is 10.4. The molecule has 6 nitrogen and oxygen atoms in total. The van der Waals surface area contributed by atoms with Crippen molar-refractivity contribution in [2.24, 2.45) is 0 Å². The fourth-order valence-corrected chi connectivity index (χ4v) is 1.82. The Hall–Kier alpha value is -2.43. The maximum atomic E-state index is 10.4. The van der Waals surface area contributed by atoms with Crippen LogP contribution in [0.15, 0.2) is 53.4 Å². The molecule has 0 aromatic heterocycles.